The Morgan fingerprint density at radius 2 is 1.94 bits per heavy atom. The molecule has 2 N–H and O–H groups in total. The van der Waals surface area contributed by atoms with Gasteiger partial charge in [-0.25, -0.2) is 4.98 Å². The Morgan fingerprint density at radius 3 is 2.38 bits per heavy atom. The van der Waals surface area contributed by atoms with E-state index in [0.29, 0.717) is 18.5 Å². The van der Waals surface area contributed by atoms with Crippen LogP contribution in [0, 0.1) is 12.8 Å². The topological polar surface area (TPSA) is 42.2 Å². The van der Waals surface area contributed by atoms with Gasteiger partial charge >= 0.3 is 0 Å². The molecule has 0 radical (unpaired) electrons. The van der Waals surface area contributed by atoms with Gasteiger partial charge < -0.3 is 10.6 Å². The molecule has 0 aliphatic carbocycles. The number of rotatable bonds is 4. The number of anilines is 1. The van der Waals surface area contributed by atoms with E-state index in [-0.39, 0.29) is 0 Å². The second-order valence-electron chi connectivity index (χ2n) is 4.71. The molecule has 0 aromatic carbocycles. The molecule has 0 aliphatic heterocycles. The maximum atomic E-state index is 5.63. The molecule has 3 heteroatoms. The second kappa shape index (κ2) is 5.30. The molecule has 90 valence electrons. The van der Waals surface area contributed by atoms with E-state index < -0.39 is 0 Å². The highest BCUT2D eigenvalue weighted by atomic mass is 15.2. The minimum absolute atomic E-state index is 0.482. The molecule has 3 nitrogen and oxygen atoms in total. The zero-order chi connectivity index (χ0) is 12.3. The van der Waals surface area contributed by atoms with Crippen LogP contribution in [0.3, 0.4) is 0 Å². The summed E-state index contributed by atoms with van der Waals surface area (Å²) in [7, 11) is 2.09. The minimum Gasteiger partial charge on any atom is -0.357 e. The van der Waals surface area contributed by atoms with Gasteiger partial charge in [0.25, 0.3) is 0 Å². The number of hydrogen-bond acceptors (Lipinski definition) is 3. The highest BCUT2D eigenvalue weighted by Gasteiger charge is 2.15. The first-order valence-corrected chi connectivity index (χ1v) is 5.86. The first-order chi connectivity index (χ1) is 7.47. The van der Waals surface area contributed by atoms with Crippen molar-refractivity contribution in [3.63, 3.8) is 0 Å². The molecule has 16 heavy (non-hydrogen) atoms. The molecule has 1 unspecified atom stereocenters. The number of aromatic nitrogens is 1. The molecular weight excluding hydrogens is 198 g/mol. The summed E-state index contributed by atoms with van der Waals surface area (Å²) in [5.74, 6) is 1.64. The molecule has 0 fully saturated rings. The summed E-state index contributed by atoms with van der Waals surface area (Å²) in [5, 5.41) is 0. The fourth-order valence-corrected chi connectivity index (χ4v) is 1.64. The number of pyridine rings is 1. The zero-order valence-electron chi connectivity index (χ0n) is 11.0. The molecule has 1 aromatic rings. The van der Waals surface area contributed by atoms with Crippen molar-refractivity contribution < 1.29 is 0 Å². The highest BCUT2D eigenvalue weighted by molar-refractivity contribution is 5.41. The lowest BCUT2D eigenvalue weighted by Crippen LogP contribution is -2.33. The number of nitrogens with two attached hydrogens (primary N) is 1. The summed E-state index contributed by atoms with van der Waals surface area (Å²) >= 11 is 0. The lowest BCUT2D eigenvalue weighted by molar-refractivity contribution is 0.502. The summed E-state index contributed by atoms with van der Waals surface area (Å²) in [6.07, 6.45) is 0. The van der Waals surface area contributed by atoms with Crippen molar-refractivity contribution in [1.82, 2.24) is 4.98 Å². The van der Waals surface area contributed by atoms with Gasteiger partial charge in [0.2, 0.25) is 0 Å². The van der Waals surface area contributed by atoms with Crippen LogP contribution in [0.2, 0.25) is 0 Å². The minimum atomic E-state index is 0.482. The quantitative estimate of drug-likeness (QED) is 0.848. The van der Waals surface area contributed by atoms with E-state index in [0.717, 1.165) is 17.1 Å². The van der Waals surface area contributed by atoms with Crippen molar-refractivity contribution in [2.45, 2.75) is 40.3 Å². The van der Waals surface area contributed by atoms with Crippen molar-refractivity contribution >= 4 is 5.82 Å². The van der Waals surface area contributed by atoms with Crippen LogP contribution in [0.4, 0.5) is 5.82 Å². The van der Waals surface area contributed by atoms with E-state index in [9.17, 15) is 0 Å². The van der Waals surface area contributed by atoms with Gasteiger partial charge in [-0.05, 0) is 31.4 Å². The molecule has 0 amide bonds. The van der Waals surface area contributed by atoms with E-state index in [2.05, 4.69) is 43.8 Å². The van der Waals surface area contributed by atoms with Crippen LogP contribution in [0.5, 0.6) is 0 Å². The van der Waals surface area contributed by atoms with Crippen molar-refractivity contribution in [2.24, 2.45) is 11.7 Å². The highest BCUT2D eigenvalue weighted by Crippen LogP contribution is 2.18. The molecule has 0 saturated carbocycles. The van der Waals surface area contributed by atoms with E-state index in [1.165, 1.54) is 0 Å². The molecule has 1 atom stereocenters. The Balaban J connectivity index is 2.92. The van der Waals surface area contributed by atoms with Crippen molar-refractivity contribution in [2.75, 3.05) is 11.9 Å². The molecule has 0 saturated heterocycles. The van der Waals surface area contributed by atoms with Gasteiger partial charge in [-0.1, -0.05) is 19.9 Å². The van der Waals surface area contributed by atoms with Gasteiger partial charge in [0.1, 0.15) is 5.82 Å². The van der Waals surface area contributed by atoms with Crippen molar-refractivity contribution in [3.05, 3.63) is 23.4 Å². The van der Waals surface area contributed by atoms with E-state index in [4.69, 9.17) is 5.73 Å². The maximum Gasteiger partial charge on any atom is 0.128 e. The smallest absolute Gasteiger partial charge is 0.128 e. The van der Waals surface area contributed by atoms with Crippen LogP contribution in [0.1, 0.15) is 32.0 Å². The first kappa shape index (κ1) is 13.0. The predicted octanol–water partition coefficient (Wildman–Crippen LogP) is 2.33. The third kappa shape index (κ3) is 2.73. The van der Waals surface area contributed by atoms with Crippen LogP contribution in [-0.4, -0.2) is 18.1 Å². The van der Waals surface area contributed by atoms with E-state index in [1.54, 1.807) is 0 Å². The third-order valence-corrected chi connectivity index (χ3v) is 3.34. The Labute approximate surface area is 98.7 Å². The standard InChI is InChI=1S/C13H23N3/c1-9(2)11(4)16(5)13-7-6-12(8-14)10(3)15-13/h6-7,9,11H,8,14H2,1-5H3. The van der Waals surface area contributed by atoms with Crippen LogP contribution in [0.25, 0.3) is 0 Å². The summed E-state index contributed by atoms with van der Waals surface area (Å²) in [5.41, 5.74) is 7.78. The first-order valence-electron chi connectivity index (χ1n) is 5.86. The molecule has 0 aliphatic rings. The Morgan fingerprint density at radius 1 is 1.31 bits per heavy atom. The average molecular weight is 221 g/mol. The monoisotopic (exact) mass is 221 g/mol. The van der Waals surface area contributed by atoms with Crippen LogP contribution in [-0.2, 0) is 6.54 Å². The number of nitrogens with zero attached hydrogens (tertiary/aromatic N) is 2. The lowest BCUT2D eigenvalue weighted by Gasteiger charge is -2.29. The molecule has 1 heterocycles. The van der Waals surface area contributed by atoms with Gasteiger partial charge in [0.05, 0.1) is 0 Å². The third-order valence-electron chi connectivity index (χ3n) is 3.34. The van der Waals surface area contributed by atoms with Crippen molar-refractivity contribution in [1.29, 1.82) is 0 Å². The molecule has 0 bridgehead atoms. The summed E-state index contributed by atoms with van der Waals surface area (Å²) in [6.45, 7) is 9.24. The fourth-order valence-electron chi connectivity index (χ4n) is 1.64. The van der Waals surface area contributed by atoms with E-state index >= 15 is 0 Å². The average Bonchev–Trinajstić information content (AvgIpc) is 2.26. The Hall–Kier alpha value is -1.09. The SMILES string of the molecule is Cc1nc(N(C)C(C)C(C)C)ccc1CN. The molecule has 0 spiro atoms. The zero-order valence-corrected chi connectivity index (χ0v) is 11.0. The van der Waals surface area contributed by atoms with Crippen LogP contribution in [0.15, 0.2) is 12.1 Å². The van der Waals surface area contributed by atoms with Crippen molar-refractivity contribution in [3.8, 4) is 0 Å². The largest absolute Gasteiger partial charge is 0.357 e. The fraction of sp³-hybridized carbons (Fsp3) is 0.615. The summed E-state index contributed by atoms with van der Waals surface area (Å²) in [6, 6.07) is 4.60. The van der Waals surface area contributed by atoms with Gasteiger partial charge in [0.15, 0.2) is 0 Å². The summed E-state index contributed by atoms with van der Waals surface area (Å²) in [4.78, 5) is 6.81. The van der Waals surface area contributed by atoms with Gasteiger partial charge in [-0.3, -0.25) is 0 Å². The predicted molar refractivity (Wildman–Crippen MR) is 69.6 cm³/mol. The lowest BCUT2D eigenvalue weighted by atomic mass is 10.1. The molecular formula is C13H23N3. The normalized spacial score (nSPS) is 12.9. The van der Waals surface area contributed by atoms with Gasteiger partial charge in [0, 0.05) is 25.3 Å². The van der Waals surface area contributed by atoms with E-state index in [1.807, 2.05) is 13.0 Å². The number of aryl methyl sites for hydroxylation is 1. The van der Waals surface area contributed by atoms with Crippen LogP contribution < -0.4 is 10.6 Å². The molecule has 1 aromatic heterocycles. The second-order valence-corrected chi connectivity index (χ2v) is 4.71. The van der Waals surface area contributed by atoms with Gasteiger partial charge in [-0.2, -0.15) is 0 Å². The Bertz CT molecular complexity index is 347. The maximum absolute atomic E-state index is 5.63. The number of hydrogen-bond donors (Lipinski definition) is 1. The van der Waals surface area contributed by atoms with Gasteiger partial charge in [-0.15, -0.1) is 0 Å². The molecule has 1 rings (SSSR count). The summed E-state index contributed by atoms with van der Waals surface area (Å²) < 4.78 is 0. The van der Waals surface area contributed by atoms with Crippen LogP contribution >= 0.6 is 0 Å². The Kier molecular flexibility index (Phi) is 4.30.